The van der Waals surface area contributed by atoms with Crippen LogP contribution in [-0.4, -0.2) is 50.0 Å². The van der Waals surface area contributed by atoms with E-state index < -0.39 is 23.5 Å². The molecule has 1 N–H and O–H groups in total. The first kappa shape index (κ1) is 29.1. The standard InChI is InChI=1S/C34H26N4O4S3/c39-26(19-24-17-10-18-43-24)35-27-32(40)38-28(34(41)42-29(21-11-4-1-5-12-21)22-13-6-2-7-14-22)25(20-44-33(27)38)31-37-36-30(45-31)23-15-8-3-9-16-23/h1-18,27,29,33H,19-20H2,(H,35,39)/t27?,33-/m0/s1. The topological polar surface area (TPSA) is 101 Å². The van der Waals surface area contributed by atoms with Gasteiger partial charge in [-0.3, -0.25) is 14.5 Å². The Morgan fingerprint density at radius 1 is 0.867 bits per heavy atom. The minimum absolute atomic E-state index is 0.139. The molecule has 45 heavy (non-hydrogen) atoms. The molecule has 3 aromatic carbocycles. The van der Waals surface area contributed by atoms with Gasteiger partial charge in [-0.05, 0) is 22.6 Å². The quantitative estimate of drug-likeness (QED) is 0.155. The smallest absolute Gasteiger partial charge is 0.356 e. The van der Waals surface area contributed by atoms with Gasteiger partial charge in [0.2, 0.25) is 5.91 Å². The van der Waals surface area contributed by atoms with Crippen molar-refractivity contribution in [2.75, 3.05) is 5.75 Å². The molecule has 2 amide bonds. The number of rotatable bonds is 9. The summed E-state index contributed by atoms with van der Waals surface area (Å²) < 4.78 is 6.26. The van der Waals surface area contributed by atoms with Crippen molar-refractivity contribution in [3.05, 3.63) is 135 Å². The van der Waals surface area contributed by atoms with E-state index >= 15 is 0 Å². The van der Waals surface area contributed by atoms with Gasteiger partial charge < -0.3 is 10.1 Å². The number of aromatic nitrogens is 2. The fraction of sp³-hybridized carbons (Fsp3) is 0.147. The largest absolute Gasteiger partial charge is 0.448 e. The Bertz CT molecular complexity index is 1820. The first-order valence-corrected chi connectivity index (χ1v) is 17.0. The van der Waals surface area contributed by atoms with Crippen LogP contribution in [0.5, 0.6) is 0 Å². The Morgan fingerprint density at radius 3 is 2.16 bits per heavy atom. The van der Waals surface area contributed by atoms with Crippen molar-refractivity contribution in [1.29, 1.82) is 0 Å². The zero-order valence-electron chi connectivity index (χ0n) is 23.7. The van der Waals surface area contributed by atoms with Crippen molar-refractivity contribution in [1.82, 2.24) is 20.4 Å². The number of nitrogens with one attached hydrogen (secondary N) is 1. The van der Waals surface area contributed by atoms with Gasteiger partial charge in [-0.15, -0.1) is 33.3 Å². The average Bonchev–Trinajstić information content (AvgIpc) is 3.79. The highest BCUT2D eigenvalue weighted by Gasteiger charge is 2.55. The number of hydrogen-bond donors (Lipinski definition) is 1. The third-order valence-electron chi connectivity index (χ3n) is 7.53. The van der Waals surface area contributed by atoms with Crippen LogP contribution in [0.1, 0.15) is 27.1 Å². The predicted molar refractivity (Wildman–Crippen MR) is 176 cm³/mol. The molecule has 0 saturated carbocycles. The van der Waals surface area contributed by atoms with Crippen LogP contribution in [-0.2, 0) is 25.5 Å². The molecule has 0 radical (unpaired) electrons. The summed E-state index contributed by atoms with van der Waals surface area (Å²) in [6.07, 6.45) is -0.508. The summed E-state index contributed by atoms with van der Waals surface area (Å²) in [6, 6.07) is 31.7. The van der Waals surface area contributed by atoms with Crippen LogP contribution in [0.4, 0.5) is 0 Å². The molecule has 8 nitrogen and oxygen atoms in total. The highest BCUT2D eigenvalue weighted by molar-refractivity contribution is 8.00. The molecule has 1 unspecified atom stereocenters. The molecular formula is C34H26N4O4S3. The van der Waals surface area contributed by atoms with Gasteiger partial charge in [0.25, 0.3) is 5.91 Å². The van der Waals surface area contributed by atoms with Crippen LogP contribution in [0.3, 0.4) is 0 Å². The molecule has 0 spiro atoms. The van der Waals surface area contributed by atoms with Crippen LogP contribution in [0.25, 0.3) is 16.1 Å². The van der Waals surface area contributed by atoms with Crippen molar-refractivity contribution in [2.45, 2.75) is 23.9 Å². The van der Waals surface area contributed by atoms with Gasteiger partial charge in [0.15, 0.2) is 6.10 Å². The molecule has 1 saturated heterocycles. The highest BCUT2D eigenvalue weighted by atomic mass is 32.2. The van der Waals surface area contributed by atoms with E-state index in [1.807, 2.05) is 109 Å². The highest BCUT2D eigenvalue weighted by Crippen LogP contribution is 2.45. The van der Waals surface area contributed by atoms with Crippen LogP contribution in [0.2, 0.25) is 0 Å². The van der Waals surface area contributed by atoms with E-state index in [4.69, 9.17) is 4.74 Å². The fourth-order valence-corrected chi connectivity index (χ4v) is 8.39. The molecule has 11 heteroatoms. The number of β-lactam (4-membered cyclic amide) rings is 1. The van der Waals surface area contributed by atoms with Gasteiger partial charge in [-0.1, -0.05) is 108 Å². The van der Waals surface area contributed by atoms with Crippen molar-refractivity contribution < 1.29 is 19.1 Å². The monoisotopic (exact) mass is 650 g/mol. The van der Waals surface area contributed by atoms with Crippen molar-refractivity contribution in [3.8, 4) is 10.6 Å². The van der Waals surface area contributed by atoms with Crippen molar-refractivity contribution >= 4 is 57.8 Å². The number of benzene rings is 3. The Balaban J connectivity index is 1.23. The van der Waals surface area contributed by atoms with Crippen LogP contribution < -0.4 is 5.32 Å². The van der Waals surface area contributed by atoms with Gasteiger partial charge >= 0.3 is 5.97 Å². The number of amides is 2. The molecule has 2 atom stereocenters. The lowest BCUT2D eigenvalue weighted by Crippen LogP contribution is -2.70. The number of ether oxygens (including phenoxy) is 1. The summed E-state index contributed by atoms with van der Waals surface area (Å²) in [4.78, 5) is 43.2. The summed E-state index contributed by atoms with van der Waals surface area (Å²) in [5, 5.41) is 14.4. The minimum atomic E-state index is -0.750. The third kappa shape index (κ3) is 5.94. The normalized spacial score (nSPS) is 17.5. The number of nitrogens with zero attached hydrogens (tertiary/aromatic N) is 3. The Morgan fingerprint density at radius 2 is 1.51 bits per heavy atom. The predicted octanol–water partition coefficient (Wildman–Crippen LogP) is 5.95. The van der Waals surface area contributed by atoms with Gasteiger partial charge in [0.05, 0.1) is 6.42 Å². The van der Waals surface area contributed by atoms with Crippen molar-refractivity contribution in [2.24, 2.45) is 0 Å². The summed E-state index contributed by atoms with van der Waals surface area (Å²) in [6.45, 7) is 0. The zero-order valence-corrected chi connectivity index (χ0v) is 26.2. The maximum Gasteiger partial charge on any atom is 0.356 e. The lowest BCUT2D eigenvalue weighted by Gasteiger charge is -2.49. The zero-order chi connectivity index (χ0) is 30.8. The second kappa shape index (κ2) is 12.8. The van der Waals surface area contributed by atoms with E-state index in [9.17, 15) is 14.4 Å². The Kier molecular flexibility index (Phi) is 8.29. The van der Waals surface area contributed by atoms with E-state index in [1.165, 1.54) is 39.3 Å². The number of esters is 1. The molecule has 1 fully saturated rings. The van der Waals surface area contributed by atoms with E-state index in [0.717, 1.165) is 21.6 Å². The Hall–Kier alpha value is -4.58. The molecule has 5 aromatic rings. The maximum atomic E-state index is 14.3. The number of carbonyl (C=O) groups is 3. The van der Waals surface area contributed by atoms with Gasteiger partial charge in [0, 0.05) is 21.8 Å². The van der Waals surface area contributed by atoms with Crippen LogP contribution >= 0.6 is 34.4 Å². The maximum absolute atomic E-state index is 14.3. The lowest BCUT2D eigenvalue weighted by molar-refractivity contribution is -0.154. The van der Waals surface area contributed by atoms with Gasteiger partial charge in [0.1, 0.15) is 27.1 Å². The summed E-state index contributed by atoms with van der Waals surface area (Å²) in [7, 11) is 0. The van der Waals surface area contributed by atoms with Crippen LogP contribution in [0, 0.1) is 0 Å². The third-order valence-corrected chi connectivity index (χ3v) is 10.7. The number of hydrogen-bond acceptors (Lipinski definition) is 9. The second-order valence-electron chi connectivity index (χ2n) is 10.4. The lowest BCUT2D eigenvalue weighted by atomic mass is 10.0. The average molecular weight is 651 g/mol. The SMILES string of the molecule is O=C(Cc1cccs1)NC1C(=O)N2C(C(=O)OC(c3ccccc3)c3ccccc3)=C(c3nnc(-c4ccccc4)s3)CS[C@@H]12. The van der Waals surface area contributed by atoms with Crippen molar-refractivity contribution in [3.63, 3.8) is 0 Å². The molecule has 4 heterocycles. The number of thioether (sulfide) groups is 1. The summed E-state index contributed by atoms with van der Waals surface area (Å²) >= 11 is 4.33. The minimum Gasteiger partial charge on any atom is -0.448 e. The molecule has 224 valence electrons. The molecule has 0 aliphatic carbocycles. The second-order valence-corrected chi connectivity index (χ2v) is 13.5. The van der Waals surface area contributed by atoms with E-state index in [2.05, 4.69) is 15.5 Å². The molecular weight excluding hydrogens is 625 g/mol. The molecule has 2 aliphatic heterocycles. The summed E-state index contributed by atoms with van der Waals surface area (Å²) in [5.41, 5.74) is 3.24. The fourth-order valence-electron chi connectivity index (χ4n) is 5.36. The number of thiophene rings is 1. The van der Waals surface area contributed by atoms with E-state index in [0.29, 0.717) is 21.3 Å². The molecule has 2 aromatic heterocycles. The number of carbonyl (C=O) groups excluding carboxylic acids is 3. The summed E-state index contributed by atoms with van der Waals surface area (Å²) in [5.74, 6) is -0.845. The van der Waals surface area contributed by atoms with E-state index in [1.54, 1.807) is 0 Å². The molecule has 2 aliphatic rings. The van der Waals surface area contributed by atoms with Gasteiger partial charge in [-0.2, -0.15) is 0 Å². The van der Waals surface area contributed by atoms with Gasteiger partial charge in [-0.25, -0.2) is 4.79 Å². The van der Waals surface area contributed by atoms with Crippen LogP contribution in [0.15, 0.2) is 114 Å². The number of fused-ring (bicyclic) bond motifs is 1. The first-order valence-electron chi connectivity index (χ1n) is 14.3. The molecule has 0 bridgehead atoms. The van der Waals surface area contributed by atoms with E-state index in [-0.39, 0.29) is 23.9 Å². The first-order chi connectivity index (χ1) is 22.1. The molecule has 7 rings (SSSR count). The Labute approximate surface area is 271 Å².